The topological polar surface area (TPSA) is 128 Å². The maximum Gasteiger partial charge on any atom is 0.408 e. The predicted octanol–water partition coefficient (Wildman–Crippen LogP) is -0.295. The average molecular weight is 314 g/mol. The molecule has 0 aromatic rings. The number of carbonyl (C=O) groups excluding carboxylic acids is 3. The van der Waals surface area contributed by atoms with Crippen molar-refractivity contribution in [2.75, 3.05) is 13.7 Å². The molecule has 126 valence electrons. The summed E-state index contributed by atoms with van der Waals surface area (Å²) in [6.07, 6.45) is 0.790. The minimum absolute atomic E-state index is 0.110. The summed E-state index contributed by atoms with van der Waals surface area (Å²) in [6, 6.07) is -0.525. The van der Waals surface area contributed by atoms with Crippen LogP contribution in [0.5, 0.6) is 0 Å². The fourth-order valence-electron chi connectivity index (χ4n) is 2.59. The van der Waals surface area contributed by atoms with Crippen LogP contribution in [-0.2, 0) is 14.3 Å². The average Bonchev–Trinajstić information content (AvgIpc) is 2.95. The number of alkyl carbamates (subject to hydrolysis) is 1. The number of nitrogens with one attached hydrogen (secondary N) is 1. The van der Waals surface area contributed by atoms with Crippen LogP contribution in [0.25, 0.3) is 0 Å². The lowest BCUT2D eigenvalue weighted by molar-refractivity contribution is -0.145. The SMILES string of the molecule is CC[C@](C)(N)[C@](N)(NC(=O)OC)C(=O)N1CCC[C@H]1C(C)=O. The van der Waals surface area contributed by atoms with Crippen LogP contribution in [-0.4, -0.2) is 53.6 Å². The molecule has 1 fully saturated rings. The number of amides is 2. The molecule has 3 atom stereocenters. The lowest BCUT2D eigenvalue weighted by atomic mass is 9.83. The van der Waals surface area contributed by atoms with Gasteiger partial charge >= 0.3 is 6.09 Å². The molecule has 1 saturated heterocycles. The van der Waals surface area contributed by atoms with Crippen LogP contribution >= 0.6 is 0 Å². The first-order chi connectivity index (χ1) is 10.1. The van der Waals surface area contributed by atoms with Crippen molar-refractivity contribution in [3.8, 4) is 0 Å². The van der Waals surface area contributed by atoms with Gasteiger partial charge in [-0.2, -0.15) is 0 Å². The Morgan fingerprint density at radius 3 is 2.41 bits per heavy atom. The molecule has 5 N–H and O–H groups in total. The highest BCUT2D eigenvalue weighted by Gasteiger charge is 2.53. The molecular formula is C14H26N4O4. The van der Waals surface area contributed by atoms with Crippen molar-refractivity contribution in [1.29, 1.82) is 0 Å². The summed E-state index contributed by atoms with van der Waals surface area (Å²) in [5.74, 6) is -0.677. The smallest absolute Gasteiger partial charge is 0.408 e. The molecule has 2 amide bonds. The zero-order chi connectivity index (χ0) is 17.1. The van der Waals surface area contributed by atoms with Gasteiger partial charge in [-0.1, -0.05) is 6.92 Å². The predicted molar refractivity (Wildman–Crippen MR) is 80.8 cm³/mol. The van der Waals surface area contributed by atoms with E-state index < -0.39 is 29.2 Å². The third-order valence-electron chi connectivity index (χ3n) is 4.44. The van der Waals surface area contributed by atoms with Crippen LogP contribution in [0.15, 0.2) is 0 Å². The molecule has 0 radical (unpaired) electrons. The van der Waals surface area contributed by atoms with Crippen molar-refractivity contribution < 1.29 is 19.1 Å². The van der Waals surface area contributed by atoms with Crippen molar-refractivity contribution in [2.45, 2.75) is 57.3 Å². The van der Waals surface area contributed by atoms with E-state index in [0.717, 1.165) is 0 Å². The maximum absolute atomic E-state index is 12.9. The molecule has 1 heterocycles. The number of rotatable bonds is 5. The molecular weight excluding hydrogens is 288 g/mol. The number of hydrogen-bond donors (Lipinski definition) is 3. The summed E-state index contributed by atoms with van der Waals surface area (Å²) in [5.41, 5.74) is 9.31. The van der Waals surface area contributed by atoms with Gasteiger partial charge in [0.1, 0.15) is 0 Å². The third kappa shape index (κ3) is 3.22. The summed E-state index contributed by atoms with van der Waals surface area (Å²) in [4.78, 5) is 37.7. The Hall–Kier alpha value is -1.67. The molecule has 0 aliphatic carbocycles. The largest absolute Gasteiger partial charge is 0.453 e. The minimum atomic E-state index is -1.85. The molecule has 1 aliphatic heterocycles. The van der Waals surface area contributed by atoms with Crippen LogP contribution in [0.3, 0.4) is 0 Å². The molecule has 8 heteroatoms. The first-order valence-electron chi connectivity index (χ1n) is 7.36. The van der Waals surface area contributed by atoms with Gasteiger partial charge in [-0.15, -0.1) is 0 Å². The molecule has 1 rings (SSSR count). The Labute approximate surface area is 130 Å². The molecule has 8 nitrogen and oxygen atoms in total. The van der Waals surface area contributed by atoms with E-state index in [1.54, 1.807) is 13.8 Å². The number of ether oxygens (including phenoxy) is 1. The second-order valence-corrected chi connectivity index (χ2v) is 5.96. The monoisotopic (exact) mass is 314 g/mol. The van der Waals surface area contributed by atoms with Gasteiger partial charge < -0.3 is 15.4 Å². The summed E-state index contributed by atoms with van der Waals surface area (Å²) < 4.78 is 4.55. The number of Topliss-reactive ketones (excluding diaryl/α,β-unsaturated/α-hetero) is 1. The number of methoxy groups -OCH3 is 1. The van der Waals surface area contributed by atoms with E-state index in [-0.39, 0.29) is 5.78 Å². The van der Waals surface area contributed by atoms with Crippen molar-refractivity contribution in [1.82, 2.24) is 10.2 Å². The van der Waals surface area contributed by atoms with Gasteiger partial charge in [-0.05, 0) is 33.1 Å². The van der Waals surface area contributed by atoms with Crippen molar-refractivity contribution in [3.63, 3.8) is 0 Å². The highest BCUT2D eigenvalue weighted by Crippen LogP contribution is 2.26. The molecule has 0 unspecified atom stereocenters. The van der Waals surface area contributed by atoms with E-state index in [2.05, 4.69) is 10.1 Å². The van der Waals surface area contributed by atoms with Gasteiger partial charge in [0.2, 0.25) is 0 Å². The Morgan fingerprint density at radius 1 is 1.36 bits per heavy atom. The van der Waals surface area contributed by atoms with Crippen LogP contribution < -0.4 is 16.8 Å². The van der Waals surface area contributed by atoms with Gasteiger partial charge in [0.05, 0.1) is 18.7 Å². The number of nitrogens with two attached hydrogens (primary N) is 2. The minimum Gasteiger partial charge on any atom is -0.453 e. The van der Waals surface area contributed by atoms with Crippen LogP contribution in [0, 0.1) is 0 Å². The number of likely N-dealkylation sites (tertiary alicyclic amines) is 1. The highest BCUT2D eigenvalue weighted by molar-refractivity contribution is 5.95. The Kier molecular flexibility index (Phi) is 5.53. The lowest BCUT2D eigenvalue weighted by Gasteiger charge is -2.44. The van der Waals surface area contributed by atoms with Crippen molar-refractivity contribution >= 4 is 17.8 Å². The molecule has 22 heavy (non-hydrogen) atoms. The number of carbonyl (C=O) groups is 3. The molecule has 0 spiro atoms. The van der Waals surface area contributed by atoms with E-state index in [1.165, 1.54) is 18.9 Å². The molecule has 1 aliphatic rings. The van der Waals surface area contributed by atoms with E-state index in [9.17, 15) is 14.4 Å². The zero-order valence-corrected chi connectivity index (χ0v) is 13.6. The van der Waals surface area contributed by atoms with Crippen molar-refractivity contribution in [2.24, 2.45) is 11.5 Å². The fraction of sp³-hybridized carbons (Fsp3) is 0.786. The quantitative estimate of drug-likeness (QED) is 0.598. The number of hydrogen-bond acceptors (Lipinski definition) is 6. The second-order valence-electron chi connectivity index (χ2n) is 5.96. The Morgan fingerprint density at radius 2 is 1.95 bits per heavy atom. The molecule has 0 bridgehead atoms. The van der Waals surface area contributed by atoms with E-state index >= 15 is 0 Å². The van der Waals surface area contributed by atoms with Gasteiger partial charge in [-0.25, -0.2) is 4.79 Å². The zero-order valence-electron chi connectivity index (χ0n) is 13.6. The summed E-state index contributed by atoms with van der Waals surface area (Å²) >= 11 is 0. The Balaban J connectivity index is 3.18. The lowest BCUT2D eigenvalue weighted by Crippen LogP contribution is -2.79. The van der Waals surface area contributed by atoms with Crippen molar-refractivity contribution in [3.05, 3.63) is 0 Å². The Bertz CT molecular complexity index is 466. The summed E-state index contributed by atoms with van der Waals surface area (Å²) in [6.45, 7) is 5.19. The first kappa shape index (κ1) is 18.4. The highest BCUT2D eigenvalue weighted by atomic mass is 16.5. The van der Waals surface area contributed by atoms with Gasteiger partial charge in [0.25, 0.3) is 5.91 Å². The molecule has 0 saturated carbocycles. The molecule has 0 aromatic heterocycles. The van der Waals surface area contributed by atoms with Gasteiger partial charge in [-0.3, -0.25) is 20.6 Å². The number of ketones is 1. The van der Waals surface area contributed by atoms with E-state index in [0.29, 0.717) is 25.8 Å². The third-order valence-corrected chi connectivity index (χ3v) is 4.44. The van der Waals surface area contributed by atoms with Crippen LogP contribution in [0.1, 0.15) is 40.0 Å². The second kappa shape index (κ2) is 6.62. The normalized spacial score (nSPS) is 23.4. The summed E-state index contributed by atoms with van der Waals surface area (Å²) in [7, 11) is 1.17. The first-order valence-corrected chi connectivity index (χ1v) is 7.36. The number of nitrogens with zero attached hydrogens (tertiary/aromatic N) is 1. The standard InChI is InChI=1S/C14H26N4O4/c1-5-13(3,15)14(16,17-12(21)22-4)11(20)18-8-6-7-10(18)9(2)19/h10H,5-8,15-16H2,1-4H3,(H,17,21)/t10-,13-,14+/m0/s1. The van der Waals surface area contributed by atoms with E-state index in [1.807, 2.05) is 0 Å². The van der Waals surface area contributed by atoms with Crippen LogP contribution in [0.4, 0.5) is 4.79 Å². The molecule has 0 aromatic carbocycles. The van der Waals surface area contributed by atoms with Gasteiger partial charge in [0.15, 0.2) is 11.4 Å². The van der Waals surface area contributed by atoms with E-state index in [4.69, 9.17) is 11.5 Å². The van der Waals surface area contributed by atoms with Gasteiger partial charge in [0, 0.05) is 6.54 Å². The fourth-order valence-corrected chi connectivity index (χ4v) is 2.59. The maximum atomic E-state index is 12.9. The van der Waals surface area contributed by atoms with Crippen LogP contribution in [0.2, 0.25) is 0 Å². The summed E-state index contributed by atoms with van der Waals surface area (Å²) in [5, 5.41) is 2.36.